The molecule has 0 saturated carbocycles. The van der Waals surface area contributed by atoms with Gasteiger partial charge in [-0.3, -0.25) is 4.98 Å². The highest BCUT2D eigenvalue weighted by Crippen LogP contribution is 2.36. The molecular formula is C17H20BNO2. The van der Waals surface area contributed by atoms with Crippen LogP contribution in [-0.4, -0.2) is 23.3 Å². The van der Waals surface area contributed by atoms with Gasteiger partial charge in [0.2, 0.25) is 0 Å². The predicted molar refractivity (Wildman–Crippen MR) is 85.4 cm³/mol. The van der Waals surface area contributed by atoms with Crippen molar-refractivity contribution >= 4 is 12.7 Å². The summed E-state index contributed by atoms with van der Waals surface area (Å²) < 4.78 is 12.1. The first-order chi connectivity index (χ1) is 9.89. The highest BCUT2D eigenvalue weighted by molar-refractivity contribution is 6.61. The fourth-order valence-electron chi connectivity index (χ4n) is 2.32. The van der Waals surface area contributed by atoms with Gasteiger partial charge in [-0.25, -0.2) is 0 Å². The van der Waals surface area contributed by atoms with E-state index in [1.54, 1.807) is 0 Å². The monoisotopic (exact) mass is 281 g/mol. The molecule has 3 nitrogen and oxygen atoms in total. The molecule has 0 atom stereocenters. The van der Waals surface area contributed by atoms with E-state index < -0.39 is 7.12 Å². The van der Waals surface area contributed by atoms with E-state index in [-0.39, 0.29) is 11.2 Å². The normalized spacial score (nSPS) is 19.7. The van der Waals surface area contributed by atoms with Crippen LogP contribution in [0.1, 0.15) is 27.7 Å². The van der Waals surface area contributed by atoms with Crippen molar-refractivity contribution < 1.29 is 9.31 Å². The Bertz CT molecular complexity index is 624. The molecule has 1 fully saturated rings. The summed E-state index contributed by atoms with van der Waals surface area (Å²) in [5.74, 6) is 0. The van der Waals surface area contributed by atoms with Crippen LogP contribution in [0.2, 0.25) is 0 Å². The second-order valence-corrected chi connectivity index (χ2v) is 6.40. The Morgan fingerprint density at radius 2 is 1.43 bits per heavy atom. The van der Waals surface area contributed by atoms with Crippen molar-refractivity contribution in [1.82, 2.24) is 4.98 Å². The SMILES string of the molecule is CC1(C)OB(c2cccc(-c3ccccc3)n2)OC1(C)C. The average molecular weight is 281 g/mol. The number of aromatic nitrogens is 1. The second-order valence-electron chi connectivity index (χ2n) is 6.40. The largest absolute Gasteiger partial charge is 0.514 e. The van der Waals surface area contributed by atoms with Crippen LogP contribution < -0.4 is 5.59 Å². The van der Waals surface area contributed by atoms with Crippen molar-refractivity contribution in [3.8, 4) is 11.3 Å². The smallest absolute Gasteiger partial charge is 0.398 e. The zero-order valence-electron chi connectivity index (χ0n) is 13.0. The Morgan fingerprint density at radius 3 is 2.05 bits per heavy atom. The van der Waals surface area contributed by atoms with Gasteiger partial charge in [0.05, 0.1) is 22.5 Å². The van der Waals surface area contributed by atoms with Gasteiger partial charge in [0.25, 0.3) is 0 Å². The van der Waals surface area contributed by atoms with Gasteiger partial charge in [-0.05, 0) is 39.8 Å². The molecule has 2 aromatic rings. The van der Waals surface area contributed by atoms with Gasteiger partial charge in [0.1, 0.15) is 0 Å². The van der Waals surface area contributed by atoms with Gasteiger partial charge in [0.15, 0.2) is 0 Å². The minimum Gasteiger partial charge on any atom is -0.398 e. The van der Waals surface area contributed by atoms with Crippen LogP contribution in [0.25, 0.3) is 11.3 Å². The quantitative estimate of drug-likeness (QED) is 0.793. The van der Waals surface area contributed by atoms with Crippen molar-refractivity contribution in [2.75, 3.05) is 0 Å². The van der Waals surface area contributed by atoms with Crippen LogP contribution in [0.5, 0.6) is 0 Å². The van der Waals surface area contributed by atoms with Crippen LogP contribution in [0.3, 0.4) is 0 Å². The number of nitrogens with zero attached hydrogens (tertiary/aromatic N) is 1. The van der Waals surface area contributed by atoms with Gasteiger partial charge >= 0.3 is 7.12 Å². The summed E-state index contributed by atoms with van der Waals surface area (Å²) in [4.78, 5) is 4.71. The molecule has 0 radical (unpaired) electrons. The molecule has 1 aromatic heterocycles. The van der Waals surface area contributed by atoms with E-state index in [1.807, 2.05) is 64.1 Å². The van der Waals surface area contributed by atoms with Crippen LogP contribution >= 0.6 is 0 Å². The molecule has 0 aliphatic carbocycles. The van der Waals surface area contributed by atoms with Crippen molar-refractivity contribution in [2.24, 2.45) is 0 Å². The number of rotatable bonds is 2. The molecule has 0 amide bonds. The lowest BCUT2D eigenvalue weighted by Gasteiger charge is -2.32. The van der Waals surface area contributed by atoms with Gasteiger partial charge in [-0.15, -0.1) is 0 Å². The van der Waals surface area contributed by atoms with Crippen LogP contribution in [0, 0.1) is 0 Å². The Hall–Kier alpha value is -1.65. The molecule has 4 heteroatoms. The second kappa shape index (κ2) is 4.97. The van der Waals surface area contributed by atoms with Crippen molar-refractivity contribution in [3.05, 3.63) is 48.5 Å². The van der Waals surface area contributed by atoms with Crippen LogP contribution in [0.4, 0.5) is 0 Å². The third kappa shape index (κ3) is 2.61. The molecule has 0 bridgehead atoms. The maximum absolute atomic E-state index is 6.06. The Morgan fingerprint density at radius 1 is 0.810 bits per heavy atom. The van der Waals surface area contributed by atoms with Gasteiger partial charge < -0.3 is 9.31 Å². The minimum absolute atomic E-state index is 0.345. The van der Waals surface area contributed by atoms with Crippen molar-refractivity contribution in [3.63, 3.8) is 0 Å². The van der Waals surface area contributed by atoms with Crippen molar-refractivity contribution in [2.45, 2.75) is 38.9 Å². The zero-order chi connectivity index (χ0) is 15.1. The van der Waals surface area contributed by atoms with E-state index >= 15 is 0 Å². The van der Waals surface area contributed by atoms with E-state index in [4.69, 9.17) is 14.3 Å². The molecule has 0 N–H and O–H groups in total. The molecule has 1 saturated heterocycles. The molecule has 21 heavy (non-hydrogen) atoms. The van der Waals surface area contributed by atoms with E-state index in [0.717, 1.165) is 16.9 Å². The van der Waals surface area contributed by atoms with E-state index in [2.05, 4.69) is 12.1 Å². The molecule has 108 valence electrons. The predicted octanol–water partition coefficient (Wildman–Crippen LogP) is 3.05. The maximum atomic E-state index is 6.06. The van der Waals surface area contributed by atoms with Gasteiger partial charge in [-0.2, -0.15) is 0 Å². The summed E-state index contributed by atoms with van der Waals surface area (Å²) in [5, 5.41) is 0. The highest BCUT2D eigenvalue weighted by atomic mass is 16.7. The fourth-order valence-corrected chi connectivity index (χ4v) is 2.32. The van der Waals surface area contributed by atoms with Gasteiger partial charge in [-0.1, -0.05) is 36.4 Å². The summed E-state index contributed by atoms with van der Waals surface area (Å²) in [5.41, 5.74) is 2.15. The first-order valence-electron chi connectivity index (χ1n) is 7.27. The third-order valence-corrected chi connectivity index (χ3v) is 4.33. The molecular weight excluding hydrogens is 261 g/mol. The highest BCUT2D eigenvalue weighted by Gasteiger charge is 2.52. The van der Waals surface area contributed by atoms with E-state index in [9.17, 15) is 0 Å². The Kier molecular flexibility index (Phi) is 3.38. The lowest BCUT2D eigenvalue weighted by Crippen LogP contribution is -2.41. The molecule has 0 unspecified atom stereocenters. The number of pyridine rings is 1. The minimum atomic E-state index is -0.418. The number of hydrogen-bond donors (Lipinski definition) is 0. The molecule has 2 heterocycles. The molecule has 0 spiro atoms. The first kappa shape index (κ1) is 14.3. The first-order valence-corrected chi connectivity index (χ1v) is 7.27. The number of hydrogen-bond acceptors (Lipinski definition) is 3. The molecule has 1 aromatic carbocycles. The third-order valence-electron chi connectivity index (χ3n) is 4.33. The van der Waals surface area contributed by atoms with Crippen LogP contribution in [-0.2, 0) is 9.31 Å². The standard InChI is InChI=1S/C17H20BNO2/c1-16(2)17(3,4)21-18(20-16)15-12-8-11-14(19-15)13-9-6-5-7-10-13/h5-12H,1-4H3. The Balaban J connectivity index is 1.92. The van der Waals surface area contributed by atoms with Crippen molar-refractivity contribution in [1.29, 1.82) is 0 Å². The van der Waals surface area contributed by atoms with Gasteiger partial charge in [0, 0.05) is 5.56 Å². The van der Waals surface area contributed by atoms with E-state index in [0.29, 0.717) is 0 Å². The summed E-state index contributed by atoms with van der Waals surface area (Å²) in [7, 11) is -0.418. The number of benzene rings is 1. The average Bonchev–Trinajstić information content (AvgIpc) is 2.69. The lowest BCUT2D eigenvalue weighted by molar-refractivity contribution is 0.00578. The van der Waals surface area contributed by atoms with Crippen LogP contribution in [0.15, 0.2) is 48.5 Å². The maximum Gasteiger partial charge on any atom is 0.514 e. The van der Waals surface area contributed by atoms with E-state index in [1.165, 1.54) is 0 Å². The summed E-state index contributed by atoms with van der Waals surface area (Å²) in [6, 6.07) is 16.1. The summed E-state index contributed by atoms with van der Waals surface area (Å²) in [6.07, 6.45) is 0. The molecule has 3 rings (SSSR count). The molecule has 1 aliphatic heterocycles. The summed E-state index contributed by atoms with van der Waals surface area (Å²) >= 11 is 0. The molecule has 1 aliphatic rings. The Labute approximate surface area is 126 Å². The zero-order valence-corrected chi connectivity index (χ0v) is 13.0. The topological polar surface area (TPSA) is 31.4 Å². The summed E-state index contributed by atoms with van der Waals surface area (Å²) in [6.45, 7) is 8.20. The fraction of sp³-hybridized carbons (Fsp3) is 0.353. The lowest BCUT2D eigenvalue weighted by atomic mass is 9.84.